The average molecular weight is 254 g/mol. The van der Waals surface area contributed by atoms with Gasteiger partial charge in [0.15, 0.2) is 11.4 Å². The number of hydrogen-bond donors (Lipinski definition) is 4. The van der Waals surface area contributed by atoms with Gasteiger partial charge in [0.05, 0.1) is 11.5 Å². The van der Waals surface area contributed by atoms with Gasteiger partial charge in [-0.15, -0.1) is 0 Å². The summed E-state index contributed by atoms with van der Waals surface area (Å²) < 4.78 is 4.96. The van der Waals surface area contributed by atoms with Crippen molar-refractivity contribution in [2.24, 2.45) is 0 Å². The van der Waals surface area contributed by atoms with Gasteiger partial charge in [0.2, 0.25) is 0 Å². The minimum Gasteiger partial charge on any atom is -0.390 e. The summed E-state index contributed by atoms with van der Waals surface area (Å²) in [7, 11) is 0. The van der Waals surface area contributed by atoms with Crippen molar-refractivity contribution in [3.63, 3.8) is 0 Å². The predicted octanol–water partition coefficient (Wildman–Crippen LogP) is 1.12. The maximum absolute atomic E-state index is 9.93. The van der Waals surface area contributed by atoms with Crippen molar-refractivity contribution in [2.75, 3.05) is 11.5 Å². The van der Waals surface area contributed by atoms with Gasteiger partial charge in [0.1, 0.15) is 6.10 Å². The van der Waals surface area contributed by atoms with Crippen LogP contribution in [0.25, 0.3) is 11.0 Å². The Labute approximate surface area is 104 Å². The molecule has 2 unspecified atom stereocenters. The zero-order chi connectivity index (χ0) is 12.4. The van der Waals surface area contributed by atoms with Crippen LogP contribution in [0.5, 0.6) is 0 Å². The maximum Gasteiger partial charge on any atom is 0.174 e. The molecule has 1 aromatic carbocycles. The van der Waals surface area contributed by atoms with E-state index in [9.17, 15) is 10.2 Å². The first kappa shape index (κ1) is 12.2. The van der Waals surface area contributed by atoms with Crippen LogP contribution in [0.3, 0.4) is 0 Å². The molecule has 0 radical (unpaired) electrons. The third kappa shape index (κ3) is 2.38. The van der Waals surface area contributed by atoms with E-state index >= 15 is 0 Å². The third-order valence-corrected chi connectivity index (χ3v) is 2.91. The van der Waals surface area contributed by atoms with Crippen LogP contribution in [-0.4, -0.2) is 27.2 Å². The van der Waals surface area contributed by atoms with Crippen LogP contribution in [-0.2, 0) is 0 Å². The smallest absolute Gasteiger partial charge is 0.174 e. The number of rotatable bonds is 4. The number of aliphatic hydroxyl groups is 2. The van der Waals surface area contributed by atoms with Crippen LogP contribution in [0.1, 0.15) is 18.1 Å². The number of nitrogen functional groups attached to an aromatic ring is 1. The number of nitrogens with two attached hydrogens (primary N) is 1. The van der Waals surface area contributed by atoms with Crippen molar-refractivity contribution in [1.82, 2.24) is 5.16 Å². The number of aromatic nitrogens is 1. The molecule has 2 rings (SSSR count). The molecule has 1 aromatic heterocycles. The first-order chi connectivity index (χ1) is 8.13. The van der Waals surface area contributed by atoms with Crippen LogP contribution >= 0.6 is 12.6 Å². The van der Waals surface area contributed by atoms with Crippen molar-refractivity contribution in [1.29, 1.82) is 0 Å². The molecule has 0 amide bonds. The van der Waals surface area contributed by atoms with Crippen LogP contribution < -0.4 is 5.73 Å². The summed E-state index contributed by atoms with van der Waals surface area (Å²) in [6, 6.07) is 5.03. The molecule has 5 nitrogen and oxygen atoms in total. The van der Waals surface area contributed by atoms with Crippen LogP contribution in [0.4, 0.5) is 5.82 Å². The number of thiol groups is 1. The molecule has 17 heavy (non-hydrogen) atoms. The van der Waals surface area contributed by atoms with Gasteiger partial charge in [-0.05, 0) is 29.9 Å². The lowest BCUT2D eigenvalue weighted by atomic mass is 10.0. The fourth-order valence-corrected chi connectivity index (χ4v) is 1.94. The van der Waals surface area contributed by atoms with Gasteiger partial charge in [-0.25, -0.2) is 0 Å². The number of fused-ring (bicyclic) bond motifs is 1. The molecule has 0 saturated carbocycles. The summed E-state index contributed by atoms with van der Waals surface area (Å²) in [5, 5.41) is 23.9. The normalized spacial score (nSPS) is 15.0. The highest BCUT2D eigenvalue weighted by Gasteiger charge is 2.18. The zero-order valence-corrected chi connectivity index (χ0v) is 9.97. The van der Waals surface area contributed by atoms with Crippen LogP contribution in [0.15, 0.2) is 22.7 Å². The minimum atomic E-state index is -0.958. The number of aliphatic hydroxyl groups excluding tert-OH is 2. The summed E-state index contributed by atoms with van der Waals surface area (Å²) in [6.07, 6.45) is -1.38. The van der Waals surface area contributed by atoms with Crippen LogP contribution in [0.2, 0.25) is 0 Å². The Bertz CT molecular complexity index is 514. The van der Waals surface area contributed by atoms with E-state index in [1.807, 2.05) is 0 Å². The fraction of sp³-hybridized carbons (Fsp3) is 0.364. The SMILES string of the molecule is Nc1noc2ccc(C(O)C(O)CCS)cc12. The van der Waals surface area contributed by atoms with Gasteiger partial charge in [0, 0.05) is 0 Å². The maximum atomic E-state index is 9.93. The van der Waals surface area contributed by atoms with E-state index in [2.05, 4.69) is 17.8 Å². The Balaban J connectivity index is 2.32. The van der Waals surface area contributed by atoms with Crippen molar-refractivity contribution in [2.45, 2.75) is 18.6 Å². The lowest BCUT2D eigenvalue weighted by molar-refractivity contribution is 0.0173. The molecule has 2 aromatic rings. The Hall–Kier alpha value is -1.24. The second-order valence-electron chi connectivity index (χ2n) is 3.85. The van der Waals surface area contributed by atoms with Crippen LogP contribution in [0, 0.1) is 0 Å². The second-order valence-corrected chi connectivity index (χ2v) is 4.30. The van der Waals surface area contributed by atoms with E-state index in [0.29, 0.717) is 28.7 Å². The molecular weight excluding hydrogens is 240 g/mol. The summed E-state index contributed by atoms with van der Waals surface area (Å²) in [5.74, 6) is 0.785. The molecule has 0 aliphatic rings. The Morgan fingerprint density at radius 2 is 2.18 bits per heavy atom. The number of anilines is 1. The first-order valence-electron chi connectivity index (χ1n) is 5.25. The Morgan fingerprint density at radius 3 is 2.88 bits per heavy atom. The van der Waals surface area contributed by atoms with Gasteiger partial charge in [-0.3, -0.25) is 0 Å². The standard InChI is InChI=1S/C11H14N2O3S/c12-11-7-5-6(1-2-9(7)16-13-11)10(15)8(14)3-4-17/h1-2,5,8,10,14-15,17H,3-4H2,(H2,12,13). The molecule has 0 aliphatic carbocycles. The third-order valence-electron chi connectivity index (χ3n) is 2.65. The monoisotopic (exact) mass is 254 g/mol. The molecular formula is C11H14N2O3S. The molecule has 2 atom stereocenters. The summed E-state index contributed by atoms with van der Waals surface area (Å²) >= 11 is 4.02. The van der Waals surface area contributed by atoms with Gasteiger partial charge >= 0.3 is 0 Å². The lowest BCUT2D eigenvalue weighted by Crippen LogP contribution is -2.18. The zero-order valence-electron chi connectivity index (χ0n) is 9.08. The molecule has 0 saturated heterocycles. The summed E-state index contributed by atoms with van der Waals surface area (Å²) in [6.45, 7) is 0. The largest absolute Gasteiger partial charge is 0.390 e. The second kappa shape index (κ2) is 4.95. The van der Waals surface area contributed by atoms with E-state index in [-0.39, 0.29) is 5.82 Å². The molecule has 92 valence electrons. The van der Waals surface area contributed by atoms with Crippen molar-refractivity contribution in [3.8, 4) is 0 Å². The number of nitrogens with zero attached hydrogens (tertiary/aromatic N) is 1. The summed E-state index contributed by atoms with van der Waals surface area (Å²) in [4.78, 5) is 0. The van der Waals surface area contributed by atoms with E-state index in [0.717, 1.165) is 0 Å². The van der Waals surface area contributed by atoms with E-state index < -0.39 is 12.2 Å². The highest BCUT2D eigenvalue weighted by molar-refractivity contribution is 7.80. The topological polar surface area (TPSA) is 92.5 Å². The molecule has 1 heterocycles. The van der Waals surface area contributed by atoms with E-state index in [1.54, 1.807) is 18.2 Å². The molecule has 0 fully saturated rings. The predicted molar refractivity (Wildman–Crippen MR) is 67.9 cm³/mol. The highest BCUT2D eigenvalue weighted by Crippen LogP contribution is 2.26. The van der Waals surface area contributed by atoms with Gasteiger partial charge in [-0.2, -0.15) is 12.6 Å². The number of hydrogen-bond acceptors (Lipinski definition) is 6. The Morgan fingerprint density at radius 1 is 1.41 bits per heavy atom. The number of benzene rings is 1. The fourth-order valence-electron chi connectivity index (χ4n) is 1.67. The molecule has 0 aliphatic heterocycles. The first-order valence-corrected chi connectivity index (χ1v) is 5.88. The van der Waals surface area contributed by atoms with Crippen molar-refractivity contribution < 1.29 is 14.7 Å². The highest BCUT2D eigenvalue weighted by atomic mass is 32.1. The van der Waals surface area contributed by atoms with Gasteiger partial charge < -0.3 is 20.5 Å². The van der Waals surface area contributed by atoms with Gasteiger partial charge in [-0.1, -0.05) is 11.2 Å². The molecule has 6 heteroatoms. The minimum absolute atomic E-state index is 0.276. The quantitative estimate of drug-likeness (QED) is 0.614. The lowest BCUT2D eigenvalue weighted by Gasteiger charge is -2.17. The average Bonchev–Trinajstić information content (AvgIpc) is 2.70. The molecule has 0 spiro atoms. The van der Waals surface area contributed by atoms with Gasteiger partial charge in [0.25, 0.3) is 0 Å². The summed E-state index contributed by atoms with van der Waals surface area (Å²) in [5.41, 5.74) is 6.76. The molecule has 4 N–H and O–H groups in total. The van der Waals surface area contributed by atoms with E-state index in [4.69, 9.17) is 10.3 Å². The van der Waals surface area contributed by atoms with Crippen molar-refractivity contribution >= 4 is 29.4 Å². The Kier molecular flexibility index (Phi) is 3.56. The van der Waals surface area contributed by atoms with E-state index in [1.165, 1.54) is 0 Å². The van der Waals surface area contributed by atoms with Crippen molar-refractivity contribution in [3.05, 3.63) is 23.8 Å². The molecule has 0 bridgehead atoms.